The van der Waals surface area contributed by atoms with Crippen LogP contribution in [0.15, 0.2) is 66.7 Å². The molecule has 0 aromatic heterocycles. The Morgan fingerprint density at radius 1 is 0.952 bits per heavy atom. The van der Waals surface area contributed by atoms with E-state index < -0.39 is 41.2 Å². The van der Waals surface area contributed by atoms with Gasteiger partial charge in [-0.15, -0.1) is 0 Å². The highest BCUT2D eigenvalue weighted by molar-refractivity contribution is 7.98. The summed E-state index contributed by atoms with van der Waals surface area (Å²) < 4.78 is 0. The second-order valence-electron chi connectivity index (χ2n) is 10.7. The van der Waals surface area contributed by atoms with Crippen LogP contribution >= 0.6 is 11.8 Å². The number of imide groups is 1. The van der Waals surface area contributed by atoms with Crippen LogP contribution < -0.4 is 5.32 Å². The Morgan fingerprint density at radius 3 is 2.26 bits per heavy atom. The van der Waals surface area contributed by atoms with Crippen molar-refractivity contribution in [2.45, 2.75) is 24.5 Å². The van der Waals surface area contributed by atoms with Gasteiger partial charge in [0, 0.05) is 28.3 Å². The van der Waals surface area contributed by atoms with Crippen molar-refractivity contribution in [2.75, 3.05) is 12.0 Å². The minimum atomic E-state index is -1.72. The maximum absolute atomic E-state index is 14.0. The largest absolute Gasteiger partial charge is 0.480 e. The number of carboxylic acid groups (broad SMARTS) is 1. The van der Waals surface area contributed by atoms with E-state index in [0.29, 0.717) is 28.0 Å². The number of rotatable bonds is 7. The number of ketones is 2. The van der Waals surface area contributed by atoms with Crippen LogP contribution in [0.5, 0.6) is 0 Å². The number of amides is 2. The molecule has 2 saturated heterocycles. The molecule has 2 amide bonds. The molecule has 0 saturated carbocycles. The lowest BCUT2D eigenvalue weighted by Crippen LogP contribution is -2.56. The molecule has 210 valence electrons. The predicted octanol–water partition coefficient (Wildman–Crippen LogP) is 3.36. The van der Waals surface area contributed by atoms with Gasteiger partial charge >= 0.3 is 5.97 Å². The van der Waals surface area contributed by atoms with Gasteiger partial charge in [-0.2, -0.15) is 17.0 Å². The van der Waals surface area contributed by atoms with Crippen LogP contribution in [-0.4, -0.2) is 56.9 Å². The molecule has 3 aliphatic rings. The smallest absolute Gasteiger partial charge is 0.324 e. The average molecular weight is 580 g/mol. The molecule has 2 aliphatic heterocycles. The van der Waals surface area contributed by atoms with Crippen LogP contribution in [0.3, 0.4) is 0 Å². The first-order chi connectivity index (χ1) is 20.2. The number of likely N-dealkylation sites (tertiary alicyclic amines) is 1. The van der Waals surface area contributed by atoms with E-state index in [1.54, 1.807) is 54.6 Å². The summed E-state index contributed by atoms with van der Waals surface area (Å²) in [5.41, 5.74) is 0.550. The molecule has 0 bridgehead atoms. The van der Waals surface area contributed by atoms with Gasteiger partial charge in [-0.1, -0.05) is 48.5 Å². The third-order valence-electron chi connectivity index (χ3n) is 8.57. The Balaban J connectivity index is 1.39. The predicted molar refractivity (Wildman–Crippen MR) is 153 cm³/mol. The lowest BCUT2D eigenvalue weighted by molar-refractivity contribution is -0.151. The molecular weight excluding hydrogens is 554 g/mol. The molecule has 4 unspecified atom stereocenters. The fourth-order valence-electron chi connectivity index (χ4n) is 6.58. The Kier molecular flexibility index (Phi) is 6.80. The Morgan fingerprint density at radius 2 is 1.60 bits per heavy atom. The molecule has 1 aliphatic carbocycles. The van der Waals surface area contributed by atoms with Crippen LogP contribution in [0.4, 0.5) is 0 Å². The van der Waals surface area contributed by atoms with E-state index in [1.807, 2.05) is 6.26 Å². The number of carbonyl (C=O) groups excluding carboxylic acids is 4. The molecule has 10 heteroatoms. The lowest BCUT2D eigenvalue weighted by Gasteiger charge is -2.31. The van der Waals surface area contributed by atoms with E-state index in [9.17, 15) is 34.3 Å². The third kappa shape index (κ3) is 4.00. The van der Waals surface area contributed by atoms with Gasteiger partial charge in [-0.25, -0.2) is 0 Å². The fraction of sp³-hybridized carbons (Fsp3) is 0.250. The summed E-state index contributed by atoms with van der Waals surface area (Å²) in [6.45, 7) is -0.189. The summed E-state index contributed by atoms with van der Waals surface area (Å²) in [5, 5.41) is 23.4. The molecule has 4 atom stereocenters. The maximum atomic E-state index is 14.0. The van der Waals surface area contributed by atoms with Gasteiger partial charge in [0.1, 0.15) is 5.54 Å². The molecule has 3 aromatic carbocycles. The van der Waals surface area contributed by atoms with Gasteiger partial charge in [-0.05, 0) is 47.8 Å². The number of hydrogen-bond acceptors (Lipinski definition) is 8. The number of hydrogen-bond donors (Lipinski definition) is 2. The summed E-state index contributed by atoms with van der Waals surface area (Å²) in [6, 6.07) is 19.1. The van der Waals surface area contributed by atoms with Gasteiger partial charge < -0.3 is 5.11 Å². The molecule has 9 nitrogen and oxygen atoms in total. The molecule has 2 N–H and O–H groups in total. The zero-order valence-corrected chi connectivity index (χ0v) is 23.3. The van der Waals surface area contributed by atoms with Crippen molar-refractivity contribution in [3.63, 3.8) is 0 Å². The van der Waals surface area contributed by atoms with E-state index in [2.05, 4.69) is 11.4 Å². The summed E-state index contributed by atoms with van der Waals surface area (Å²) >= 11 is 1.43. The van der Waals surface area contributed by atoms with Crippen LogP contribution in [0, 0.1) is 23.2 Å². The molecule has 3 aromatic rings. The Bertz CT molecular complexity index is 1750. The van der Waals surface area contributed by atoms with E-state index in [-0.39, 0.29) is 41.2 Å². The second-order valence-corrected chi connectivity index (χ2v) is 11.7. The average Bonchev–Trinajstić information content (AvgIpc) is 3.48. The highest BCUT2D eigenvalue weighted by Gasteiger charge is 2.68. The van der Waals surface area contributed by atoms with Crippen LogP contribution in [-0.2, 0) is 20.9 Å². The van der Waals surface area contributed by atoms with Crippen molar-refractivity contribution in [3.8, 4) is 6.07 Å². The van der Waals surface area contributed by atoms with Gasteiger partial charge in [0.15, 0.2) is 11.6 Å². The van der Waals surface area contributed by atoms with E-state index >= 15 is 0 Å². The first-order valence-electron chi connectivity index (χ1n) is 13.4. The molecular formula is C32H25N3O6S. The molecule has 42 heavy (non-hydrogen) atoms. The summed E-state index contributed by atoms with van der Waals surface area (Å²) in [5.74, 6) is -4.81. The molecule has 2 fully saturated rings. The van der Waals surface area contributed by atoms with Crippen molar-refractivity contribution >= 4 is 41.1 Å². The van der Waals surface area contributed by atoms with Crippen LogP contribution in [0.2, 0.25) is 0 Å². The third-order valence-corrected chi connectivity index (χ3v) is 9.19. The topological polar surface area (TPSA) is 145 Å². The summed E-state index contributed by atoms with van der Waals surface area (Å²) in [7, 11) is 0. The number of thioether (sulfide) groups is 1. The van der Waals surface area contributed by atoms with Gasteiger partial charge in [0.05, 0.1) is 30.0 Å². The number of aliphatic carboxylic acids is 1. The van der Waals surface area contributed by atoms with E-state index in [1.165, 1.54) is 23.9 Å². The zero-order chi connectivity index (χ0) is 29.8. The monoisotopic (exact) mass is 579 g/mol. The number of nitriles is 1. The van der Waals surface area contributed by atoms with Gasteiger partial charge in [-0.3, -0.25) is 34.2 Å². The van der Waals surface area contributed by atoms with Crippen LogP contribution in [0.25, 0.3) is 0 Å². The van der Waals surface area contributed by atoms with Crippen molar-refractivity contribution in [1.82, 2.24) is 10.2 Å². The normalized spacial score (nSPS) is 24.3. The van der Waals surface area contributed by atoms with Crippen LogP contribution in [0.1, 0.15) is 61.0 Å². The van der Waals surface area contributed by atoms with Crippen molar-refractivity contribution in [2.24, 2.45) is 11.8 Å². The fourth-order valence-corrected chi connectivity index (χ4v) is 7.11. The number of carbonyl (C=O) groups is 5. The zero-order valence-electron chi connectivity index (χ0n) is 22.5. The SMILES string of the molecule is CSCCC1(C(=O)O)NC(c2ccccc2C#N)C2C(=O)N(Cc3ccc4c(c3)C(=O)c3ccccc3C4=O)C(=O)C21. The second kappa shape index (κ2) is 10.4. The highest BCUT2D eigenvalue weighted by atomic mass is 32.2. The highest BCUT2D eigenvalue weighted by Crippen LogP contribution is 2.51. The number of carboxylic acids is 1. The van der Waals surface area contributed by atoms with Gasteiger partial charge in [0.25, 0.3) is 0 Å². The van der Waals surface area contributed by atoms with E-state index in [0.717, 1.165) is 4.90 Å². The number of nitrogens with one attached hydrogen (secondary N) is 1. The molecule has 0 radical (unpaired) electrons. The van der Waals surface area contributed by atoms with Crippen molar-refractivity contribution < 1.29 is 29.1 Å². The number of benzene rings is 3. The molecule has 2 heterocycles. The van der Waals surface area contributed by atoms with Gasteiger partial charge in [0.2, 0.25) is 11.8 Å². The Labute approximate surface area is 245 Å². The molecule has 6 rings (SSSR count). The number of nitrogens with zero attached hydrogens (tertiary/aromatic N) is 2. The van der Waals surface area contributed by atoms with Crippen molar-refractivity contribution in [1.29, 1.82) is 5.26 Å². The number of fused-ring (bicyclic) bond motifs is 3. The lowest BCUT2D eigenvalue weighted by atomic mass is 9.77. The first kappa shape index (κ1) is 27.6. The standard InChI is InChI=1S/C32H25N3O6S/c1-42-13-12-32(31(40)41)25-24(26(34-32)19-7-3-2-6-18(19)15-33)29(38)35(30(25)39)16-17-10-11-22-23(14-17)28(37)21-9-5-4-8-20(21)27(22)36/h2-11,14,24-26,34H,12-13,16H2,1H3,(H,40,41). The summed E-state index contributed by atoms with van der Waals surface area (Å²) in [6.07, 6.45) is 1.93. The quantitative estimate of drug-likeness (QED) is 0.315. The minimum Gasteiger partial charge on any atom is -0.480 e. The van der Waals surface area contributed by atoms with E-state index in [4.69, 9.17) is 0 Å². The maximum Gasteiger partial charge on any atom is 0.324 e. The molecule has 0 spiro atoms. The first-order valence-corrected chi connectivity index (χ1v) is 14.8. The Hall–Kier alpha value is -4.59. The van der Waals surface area contributed by atoms with Crippen molar-refractivity contribution in [3.05, 3.63) is 106 Å². The minimum absolute atomic E-state index is 0.0949. The summed E-state index contributed by atoms with van der Waals surface area (Å²) in [4.78, 5) is 68.2.